The summed E-state index contributed by atoms with van der Waals surface area (Å²) >= 11 is 0. The second kappa shape index (κ2) is 4.82. The smallest absolute Gasteiger partial charge is 0.327 e. The van der Waals surface area contributed by atoms with Gasteiger partial charge in [-0.1, -0.05) is 6.42 Å². The van der Waals surface area contributed by atoms with Gasteiger partial charge in [-0.2, -0.15) is 0 Å². The zero-order valence-electron chi connectivity index (χ0n) is 9.32. The van der Waals surface area contributed by atoms with Crippen LogP contribution in [0.1, 0.15) is 25.7 Å². The van der Waals surface area contributed by atoms with Gasteiger partial charge in [-0.3, -0.25) is 4.79 Å². The molecular weight excluding hydrogens is 208 g/mol. The second-order valence-corrected chi connectivity index (χ2v) is 4.65. The molecule has 0 spiro atoms. The van der Waals surface area contributed by atoms with E-state index >= 15 is 0 Å². The van der Waals surface area contributed by atoms with Crippen LogP contribution >= 0.6 is 0 Å². The third kappa shape index (κ3) is 2.35. The van der Waals surface area contributed by atoms with Crippen LogP contribution in [0.15, 0.2) is 0 Å². The van der Waals surface area contributed by atoms with Crippen molar-refractivity contribution in [2.45, 2.75) is 31.7 Å². The van der Waals surface area contributed by atoms with Crippen molar-refractivity contribution in [1.82, 2.24) is 10.2 Å². The van der Waals surface area contributed by atoms with Gasteiger partial charge in [0, 0.05) is 26.1 Å². The molecule has 1 atom stereocenters. The summed E-state index contributed by atoms with van der Waals surface area (Å²) in [6.45, 7) is 1.58. The van der Waals surface area contributed by atoms with Crippen molar-refractivity contribution in [2.75, 3.05) is 19.6 Å². The van der Waals surface area contributed by atoms with Crippen molar-refractivity contribution in [3.8, 4) is 0 Å². The molecule has 16 heavy (non-hydrogen) atoms. The van der Waals surface area contributed by atoms with Gasteiger partial charge in [0.05, 0.1) is 0 Å². The van der Waals surface area contributed by atoms with Crippen molar-refractivity contribution in [1.29, 1.82) is 0 Å². The van der Waals surface area contributed by atoms with Gasteiger partial charge >= 0.3 is 5.97 Å². The van der Waals surface area contributed by atoms with Crippen molar-refractivity contribution in [2.24, 2.45) is 5.92 Å². The van der Waals surface area contributed by atoms with Crippen molar-refractivity contribution in [3.63, 3.8) is 0 Å². The molecule has 2 rings (SSSR count). The van der Waals surface area contributed by atoms with E-state index in [-0.39, 0.29) is 5.91 Å². The predicted molar refractivity (Wildman–Crippen MR) is 58.0 cm³/mol. The molecular formula is C11H18N2O3. The Hall–Kier alpha value is -1.10. The van der Waals surface area contributed by atoms with Gasteiger partial charge in [-0.05, 0) is 18.8 Å². The van der Waals surface area contributed by atoms with E-state index in [2.05, 4.69) is 5.32 Å². The Labute approximate surface area is 94.8 Å². The zero-order valence-corrected chi connectivity index (χ0v) is 9.32. The Bertz CT molecular complexity index is 289. The number of nitrogens with one attached hydrogen (secondary N) is 1. The lowest BCUT2D eigenvalue weighted by Crippen LogP contribution is -2.57. The number of hydrogen-bond donors (Lipinski definition) is 2. The quantitative estimate of drug-likeness (QED) is 0.714. The maximum atomic E-state index is 12.0. The Morgan fingerprint density at radius 1 is 1.38 bits per heavy atom. The van der Waals surface area contributed by atoms with E-state index in [1.807, 2.05) is 0 Å². The molecule has 5 nitrogen and oxygen atoms in total. The van der Waals surface area contributed by atoms with Crippen LogP contribution in [-0.4, -0.2) is 47.6 Å². The van der Waals surface area contributed by atoms with Crippen LogP contribution in [0, 0.1) is 5.92 Å². The van der Waals surface area contributed by atoms with Crippen LogP contribution in [0.25, 0.3) is 0 Å². The lowest BCUT2D eigenvalue weighted by atomic mass is 9.82. The lowest BCUT2D eigenvalue weighted by molar-refractivity contribution is -0.151. The first kappa shape index (κ1) is 11.4. The maximum Gasteiger partial charge on any atom is 0.327 e. The van der Waals surface area contributed by atoms with E-state index in [1.54, 1.807) is 0 Å². The average molecular weight is 226 g/mol. The summed E-state index contributed by atoms with van der Waals surface area (Å²) < 4.78 is 0. The van der Waals surface area contributed by atoms with Crippen LogP contribution in [0.4, 0.5) is 0 Å². The number of aliphatic carboxylic acids is 1. The minimum atomic E-state index is -0.908. The standard InChI is InChI=1S/C11H18N2O3/c14-10(6-8-2-1-3-8)13-5-4-12-7-9(13)11(15)16/h8-9,12H,1-7H2,(H,15,16). The minimum Gasteiger partial charge on any atom is -0.480 e. The molecule has 0 radical (unpaired) electrons. The Balaban J connectivity index is 1.93. The monoisotopic (exact) mass is 226 g/mol. The van der Waals surface area contributed by atoms with Crippen molar-refractivity contribution in [3.05, 3.63) is 0 Å². The van der Waals surface area contributed by atoms with Crippen LogP contribution in [-0.2, 0) is 9.59 Å². The van der Waals surface area contributed by atoms with Gasteiger partial charge in [0.2, 0.25) is 5.91 Å². The molecule has 1 heterocycles. The summed E-state index contributed by atoms with van der Waals surface area (Å²) in [5.74, 6) is -0.399. The van der Waals surface area contributed by atoms with Crippen LogP contribution < -0.4 is 5.32 Å². The average Bonchev–Trinajstić information content (AvgIpc) is 2.23. The zero-order chi connectivity index (χ0) is 11.5. The maximum absolute atomic E-state index is 12.0. The van der Waals surface area contributed by atoms with Gasteiger partial charge < -0.3 is 15.3 Å². The topological polar surface area (TPSA) is 69.6 Å². The molecule has 0 aromatic carbocycles. The van der Waals surface area contributed by atoms with Crippen LogP contribution in [0.3, 0.4) is 0 Å². The molecule has 1 unspecified atom stereocenters. The molecule has 90 valence electrons. The van der Waals surface area contributed by atoms with E-state index in [4.69, 9.17) is 5.11 Å². The largest absolute Gasteiger partial charge is 0.480 e. The van der Waals surface area contributed by atoms with E-state index in [9.17, 15) is 9.59 Å². The van der Waals surface area contributed by atoms with Crippen LogP contribution in [0.2, 0.25) is 0 Å². The first-order valence-electron chi connectivity index (χ1n) is 5.91. The lowest BCUT2D eigenvalue weighted by Gasteiger charge is -2.35. The Morgan fingerprint density at radius 3 is 2.69 bits per heavy atom. The highest BCUT2D eigenvalue weighted by atomic mass is 16.4. The highest BCUT2D eigenvalue weighted by molar-refractivity contribution is 5.84. The molecule has 1 aliphatic carbocycles. The minimum absolute atomic E-state index is 0.0126. The SMILES string of the molecule is O=C(O)C1CNCCN1C(=O)CC1CCC1. The van der Waals surface area contributed by atoms with Crippen molar-refractivity contribution >= 4 is 11.9 Å². The number of rotatable bonds is 3. The molecule has 5 heteroatoms. The van der Waals surface area contributed by atoms with Gasteiger partial charge in [0.25, 0.3) is 0 Å². The predicted octanol–water partition coefficient (Wildman–Crippen LogP) is 0.0616. The van der Waals surface area contributed by atoms with Gasteiger partial charge in [-0.25, -0.2) is 4.79 Å². The fourth-order valence-electron chi connectivity index (χ4n) is 2.28. The van der Waals surface area contributed by atoms with Crippen molar-refractivity contribution < 1.29 is 14.7 Å². The fourth-order valence-corrected chi connectivity index (χ4v) is 2.28. The first-order valence-corrected chi connectivity index (χ1v) is 5.91. The van der Waals surface area contributed by atoms with E-state index < -0.39 is 12.0 Å². The highest BCUT2D eigenvalue weighted by Crippen LogP contribution is 2.30. The number of carbonyl (C=O) groups excluding carboxylic acids is 1. The normalized spacial score (nSPS) is 26.2. The molecule has 2 fully saturated rings. The Kier molecular flexibility index (Phi) is 3.43. The molecule has 1 amide bonds. The number of nitrogens with zero attached hydrogens (tertiary/aromatic N) is 1. The van der Waals surface area contributed by atoms with E-state index in [1.165, 1.54) is 11.3 Å². The highest BCUT2D eigenvalue weighted by Gasteiger charge is 2.33. The number of amides is 1. The molecule has 1 aliphatic heterocycles. The van der Waals surface area contributed by atoms with Gasteiger partial charge in [0.15, 0.2) is 0 Å². The van der Waals surface area contributed by atoms with Crippen LogP contribution in [0.5, 0.6) is 0 Å². The van der Waals surface area contributed by atoms with Gasteiger partial charge in [-0.15, -0.1) is 0 Å². The number of carboxylic acid groups (broad SMARTS) is 1. The van der Waals surface area contributed by atoms with E-state index in [0.717, 1.165) is 12.8 Å². The first-order chi connectivity index (χ1) is 7.68. The molecule has 0 aromatic heterocycles. The molecule has 0 bridgehead atoms. The molecule has 0 aromatic rings. The number of carbonyl (C=O) groups is 2. The van der Waals surface area contributed by atoms with Gasteiger partial charge in [0.1, 0.15) is 6.04 Å². The second-order valence-electron chi connectivity index (χ2n) is 4.65. The summed E-state index contributed by atoms with van der Waals surface area (Å²) in [6, 6.07) is -0.679. The number of piperazine rings is 1. The molecule has 2 N–H and O–H groups in total. The number of carboxylic acids is 1. The third-order valence-electron chi connectivity index (χ3n) is 3.54. The number of hydrogen-bond acceptors (Lipinski definition) is 3. The third-order valence-corrected chi connectivity index (χ3v) is 3.54. The van der Waals surface area contributed by atoms with E-state index in [0.29, 0.717) is 32.0 Å². The summed E-state index contributed by atoms with van der Waals surface area (Å²) in [7, 11) is 0. The summed E-state index contributed by atoms with van der Waals surface area (Å²) in [5, 5.41) is 12.0. The molecule has 1 saturated heterocycles. The summed E-state index contributed by atoms with van der Waals surface area (Å²) in [5.41, 5.74) is 0. The fraction of sp³-hybridized carbons (Fsp3) is 0.818. The summed E-state index contributed by atoms with van der Waals surface area (Å²) in [4.78, 5) is 24.5. The Morgan fingerprint density at radius 2 is 2.12 bits per heavy atom. The summed E-state index contributed by atoms with van der Waals surface area (Å²) in [6.07, 6.45) is 3.98. The molecule has 2 aliphatic rings. The molecule has 1 saturated carbocycles.